The molecule has 0 aliphatic heterocycles. The molecule has 0 aliphatic carbocycles. The van der Waals surface area contributed by atoms with Crippen LogP contribution in [0.25, 0.3) is 11.0 Å². The maximum atomic E-state index is 13.7. The fraction of sp³-hybridized carbons (Fsp3) is 0.280. The van der Waals surface area contributed by atoms with Gasteiger partial charge in [0, 0.05) is 12.2 Å². The van der Waals surface area contributed by atoms with Gasteiger partial charge in [-0.25, -0.2) is 4.68 Å². The molecule has 2 aromatic heterocycles. The lowest BCUT2D eigenvalue weighted by Gasteiger charge is -2.30. The Morgan fingerprint density at radius 3 is 2.52 bits per heavy atom. The van der Waals surface area contributed by atoms with Crippen LogP contribution in [-0.4, -0.2) is 33.4 Å². The maximum Gasteiger partial charge on any atom is 0.251 e. The molecule has 2 amide bonds. The molecule has 0 spiro atoms. The van der Waals surface area contributed by atoms with Gasteiger partial charge in [0.15, 0.2) is 6.04 Å². The molecule has 170 valence electrons. The number of benzene rings is 2. The number of carbonyl (C=O) groups is 2. The molecule has 1 atom stereocenters. The van der Waals surface area contributed by atoms with Crippen molar-refractivity contribution in [3.63, 3.8) is 0 Å². The highest BCUT2D eigenvalue weighted by molar-refractivity contribution is 6.01. The zero-order chi connectivity index (χ0) is 23.2. The van der Waals surface area contributed by atoms with Crippen LogP contribution in [0.2, 0.25) is 0 Å². The predicted octanol–water partition coefficient (Wildman–Crippen LogP) is 3.96. The van der Waals surface area contributed by atoms with E-state index in [1.54, 1.807) is 28.9 Å². The summed E-state index contributed by atoms with van der Waals surface area (Å²) in [6.45, 7) is 4.63. The van der Waals surface area contributed by atoms with Gasteiger partial charge in [-0.1, -0.05) is 49.4 Å². The molecule has 4 rings (SSSR count). The highest BCUT2D eigenvalue weighted by atomic mass is 16.3. The predicted molar refractivity (Wildman–Crippen MR) is 125 cm³/mol. The van der Waals surface area contributed by atoms with Crippen LogP contribution in [0.15, 0.2) is 77.4 Å². The fourth-order valence-corrected chi connectivity index (χ4v) is 3.67. The molecule has 2 aromatic carbocycles. The quantitative estimate of drug-likeness (QED) is 0.421. The van der Waals surface area contributed by atoms with Crippen LogP contribution >= 0.6 is 0 Å². The molecule has 8 heteroatoms. The second kappa shape index (κ2) is 10.1. The third kappa shape index (κ3) is 5.11. The first-order chi connectivity index (χ1) is 16.0. The summed E-state index contributed by atoms with van der Waals surface area (Å²) in [7, 11) is 0. The molecule has 0 saturated heterocycles. The summed E-state index contributed by atoms with van der Waals surface area (Å²) in [6, 6.07) is 19.0. The zero-order valence-corrected chi connectivity index (χ0v) is 18.7. The minimum atomic E-state index is -0.961. The van der Waals surface area contributed by atoms with Gasteiger partial charge >= 0.3 is 0 Å². The Balaban J connectivity index is 1.69. The second-order valence-corrected chi connectivity index (χ2v) is 8.23. The van der Waals surface area contributed by atoms with Crippen molar-refractivity contribution in [1.29, 1.82) is 0 Å². The van der Waals surface area contributed by atoms with Gasteiger partial charge in [0.25, 0.3) is 5.91 Å². The third-order valence-corrected chi connectivity index (χ3v) is 5.35. The van der Waals surface area contributed by atoms with E-state index in [9.17, 15) is 9.59 Å². The molecular weight excluding hydrogens is 418 g/mol. The van der Waals surface area contributed by atoms with Gasteiger partial charge in [-0.15, -0.1) is 5.10 Å². The van der Waals surface area contributed by atoms with E-state index in [-0.39, 0.29) is 18.4 Å². The Bertz CT molecular complexity index is 1200. The summed E-state index contributed by atoms with van der Waals surface area (Å²) in [5, 5.41) is 11.2. The van der Waals surface area contributed by atoms with Crippen molar-refractivity contribution in [2.24, 2.45) is 5.92 Å². The molecule has 33 heavy (non-hydrogen) atoms. The van der Waals surface area contributed by atoms with E-state index in [1.165, 1.54) is 11.2 Å². The van der Waals surface area contributed by atoms with Crippen molar-refractivity contribution in [3.05, 3.63) is 78.8 Å². The topological polar surface area (TPSA) is 93.3 Å². The van der Waals surface area contributed by atoms with Crippen LogP contribution in [0.1, 0.15) is 32.1 Å². The summed E-state index contributed by atoms with van der Waals surface area (Å²) in [5.74, 6) is 0.223. The Labute approximate surface area is 192 Å². The maximum absolute atomic E-state index is 13.7. The summed E-state index contributed by atoms with van der Waals surface area (Å²) >= 11 is 0. The summed E-state index contributed by atoms with van der Waals surface area (Å²) in [6.07, 6.45) is 2.34. The molecule has 0 bridgehead atoms. The Morgan fingerprint density at radius 2 is 1.79 bits per heavy atom. The first-order valence-corrected chi connectivity index (χ1v) is 11.0. The van der Waals surface area contributed by atoms with Gasteiger partial charge in [0.1, 0.15) is 17.8 Å². The Kier molecular flexibility index (Phi) is 6.83. The van der Waals surface area contributed by atoms with Gasteiger partial charge < -0.3 is 9.73 Å². The number of aromatic nitrogens is 3. The molecule has 0 fully saturated rings. The molecule has 0 aliphatic rings. The van der Waals surface area contributed by atoms with Gasteiger partial charge in [-0.2, -0.15) is 0 Å². The van der Waals surface area contributed by atoms with E-state index < -0.39 is 6.04 Å². The molecule has 0 saturated carbocycles. The average Bonchev–Trinajstić information content (AvgIpc) is 3.48. The van der Waals surface area contributed by atoms with Crippen molar-refractivity contribution in [2.75, 3.05) is 11.4 Å². The van der Waals surface area contributed by atoms with Crippen molar-refractivity contribution < 1.29 is 14.0 Å². The van der Waals surface area contributed by atoms with Gasteiger partial charge in [-0.3, -0.25) is 14.5 Å². The molecule has 4 aromatic rings. The van der Waals surface area contributed by atoms with E-state index >= 15 is 0 Å². The van der Waals surface area contributed by atoms with Crippen LogP contribution in [0.3, 0.4) is 0 Å². The van der Waals surface area contributed by atoms with Crippen LogP contribution in [0, 0.1) is 5.92 Å². The number of para-hydroxylation sites is 2. The monoisotopic (exact) mass is 445 g/mol. The number of hydrogen-bond donors (Lipinski definition) is 1. The highest BCUT2D eigenvalue weighted by Gasteiger charge is 2.35. The summed E-state index contributed by atoms with van der Waals surface area (Å²) in [5.41, 5.74) is 2.03. The van der Waals surface area contributed by atoms with Crippen LogP contribution < -0.4 is 10.2 Å². The van der Waals surface area contributed by atoms with Gasteiger partial charge in [-0.05, 0) is 48.7 Å². The lowest BCUT2D eigenvalue weighted by atomic mass is 10.1. The number of furan rings is 1. The lowest BCUT2D eigenvalue weighted by molar-refractivity contribution is -0.127. The fourth-order valence-electron chi connectivity index (χ4n) is 3.67. The highest BCUT2D eigenvalue weighted by Crippen LogP contribution is 2.29. The zero-order valence-electron chi connectivity index (χ0n) is 18.7. The number of anilines is 1. The number of rotatable bonds is 9. The first kappa shape index (κ1) is 22.3. The minimum absolute atomic E-state index is 0.0775. The summed E-state index contributed by atoms with van der Waals surface area (Å²) in [4.78, 5) is 28.5. The Hall–Kier alpha value is -3.94. The molecule has 2 heterocycles. The van der Waals surface area contributed by atoms with E-state index in [0.29, 0.717) is 29.4 Å². The number of hydrogen-bond acceptors (Lipinski definition) is 5. The molecule has 8 nitrogen and oxygen atoms in total. The summed E-state index contributed by atoms with van der Waals surface area (Å²) < 4.78 is 7.16. The number of nitrogens with one attached hydrogen (secondary N) is 1. The molecule has 0 unspecified atom stereocenters. The van der Waals surface area contributed by atoms with E-state index in [2.05, 4.69) is 29.5 Å². The number of amides is 2. The van der Waals surface area contributed by atoms with E-state index in [4.69, 9.17) is 4.42 Å². The van der Waals surface area contributed by atoms with Crippen LogP contribution in [0.4, 0.5) is 5.69 Å². The Morgan fingerprint density at radius 1 is 1.03 bits per heavy atom. The number of fused-ring (bicyclic) bond motifs is 1. The largest absolute Gasteiger partial charge is 0.467 e. The minimum Gasteiger partial charge on any atom is -0.467 e. The van der Waals surface area contributed by atoms with Crippen molar-refractivity contribution >= 4 is 28.5 Å². The smallest absolute Gasteiger partial charge is 0.251 e. The second-order valence-electron chi connectivity index (χ2n) is 8.23. The normalized spacial score (nSPS) is 12.1. The van der Waals surface area contributed by atoms with Gasteiger partial charge in [0.2, 0.25) is 5.91 Å². The molecule has 1 N–H and O–H groups in total. The van der Waals surface area contributed by atoms with E-state index in [0.717, 1.165) is 11.9 Å². The van der Waals surface area contributed by atoms with E-state index in [1.807, 2.05) is 42.5 Å². The van der Waals surface area contributed by atoms with Gasteiger partial charge in [0.05, 0.1) is 11.8 Å². The molecular formula is C25H27N5O3. The SMILES string of the molecule is CC(C)CCNC(=O)[C@H](c1ccco1)N(C(=O)Cn1nnc2ccccc21)c1ccccc1. The van der Waals surface area contributed by atoms with Crippen LogP contribution in [0.5, 0.6) is 0 Å². The van der Waals surface area contributed by atoms with Crippen molar-refractivity contribution in [2.45, 2.75) is 32.9 Å². The van der Waals surface area contributed by atoms with Crippen molar-refractivity contribution in [1.82, 2.24) is 20.3 Å². The lowest BCUT2D eigenvalue weighted by Crippen LogP contribution is -2.45. The van der Waals surface area contributed by atoms with Crippen LogP contribution in [-0.2, 0) is 16.1 Å². The van der Waals surface area contributed by atoms with Crippen molar-refractivity contribution in [3.8, 4) is 0 Å². The third-order valence-electron chi connectivity index (χ3n) is 5.35. The number of nitrogens with zero attached hydrogens (tertiary/aromatic N) is 4. The first-order valence-electron chi connectivity index (χ1n) is 11.0. The molecule has 0 radical (unpaired) electrons. The average molecular weight is 446 g/mol. The standard InChI is InChI=1S/C25H27N5O3/c1-18(2)14-15-26-25(32)24(22-13-8-16-33-22)30(19-9-4-3-5-10-19)23(31)17-29-21-12-7-6-11-20(21)27-28-29/h3-13,16,18,24H,14-15,17H2,1-2H3,(H,26,32)/t24-/m0/s1. The number of carbonyl (C=O) groups excluding carboxylic acids is 2.